The molecule has 0 radical (unpaired) electrons. The van der Waals surface area contributed by atoms with E-state index in [4.69, 9.17) is 9.84 Å². The van der Waals surface area contributed by atoms with Gasteiger partial charge in [-0.25, -0.2) is 0 Å². The van der Waals surface area contributed by atoms with E-state index in [1.54, 1.807) is 0 Å². The van der Waals surface area contributed by atoms with Crippen molar-refractivity contribution in [3.63, 3.8) is 0 Å². The van der Waals surface area contributed by atoms with Crippen LogP contribution in [0.1, 0.15) is 19.8 Å². The molecule has 82 valence electrons. The van der Waals surface area contributed by atoms with Crippen LogP contribution in [0.2, 0.25) is 0 Å². The fraction of sp³-hybridized carbons (Fsp3) is 0.875. The van der Waals surface area contributed by atoms with Crippen LogP contribution in [0.4, 0.5) is 13.2 Å². The van der Waals surface area contributed by atoms with Gasteiger partial charge in [-0.3, -0.25) is 4.79 Å². The quantitative estimate of drug-likeness (QED) is 0.760. The Balaban J connectivity index is 2.32. The van der Waals surface area contributed by atoms with Gasteiger partial charge in [-0.1, -0.05) is 0 Å². The summed E-state index contributed by atoms with van der Waals surface area (Å²) in [6, 6.07) is 0. The summed E-state index contributed by atoms with van der Waals surface area (Å²) in [6.07, 6.45) is -6.23. The summed E-state index contributed by atoms with van der Waals surface area (Å²) in [5.74, 6) is -0.243. The molecule has 1 N–H and O–H groups in total. The minimum Gasteiger partial charge on any atom is -0.380 e. The highest BCUT2D eigenvalue weighted by Gasteiger charge is 2.61. The molecule has 0 saturated heterocycles. The minimum atomic E-state index is -4.61. The van der Waals surface area contributed by atoms with Gasteiger partial charge >= 0.3 is 6.18 Å². The Morgan fingerprint density at radius 1 is 1.57 bits per heavy atom. The number of aliphatic hydroxyl groups is 1. The van der Waals surface area contributed by atoms with Gasteiger partial charge < -0.3 is 9.84 Å². The monoisotopic (exact) mass is 212 g/mol. The van der Waals surface area contributed by atoms with Crippen molar-refractivity contribution in [2.75, 3.05) is 6.61 Å². The van der Waals surface area contributed by atoms with Gasteiger partial charge in [0.05, 0.1) is 6.10 Å². The van der Waals surface area contributed by atoms with Gasteiger partial charge in [-0.05, 0) is 6.92 Å². The Morgan fingerprint density at radius 3 is 2.43 bits per heavy atom. The van der Waals surface area contributed by atoms with Crippen LogP contribution in [0, 0.1) is 0 Å². The lowest BCUT2D eigenvalue weighted by Crippen LogP contribution is -2.58. The van der Waals surface area contributed by atoms with Crippen molar-refractivity contribution in [1.82, 2.24) is 0 Å². The van der Waals surface area contributed by atoms with Gasteiger partial charge in [0.1, 0.15) is 6.61 Å². The molecule has 1 aliphatic rings. The smallest absolute Gasteiger partial charge is 0.380 e. The molecule has 1 saturated carbocycles. The van der Waals surface area contributed by atoms with Gasteiger partial charge in [-0.2, -0.15) is 13.2 Å². The average Bonchev–Trinajstić information content (AvgIpc) is 1.93. The molecule has 0 unspecified atom stereocenters. The molecule has 0 amide bonds. The molecule has 0 bridgehead atoms. The van der Waals surface area contributed by atoms with Gasteiger partial charge in [0.2, 0.25) is 0 Å². The van der Waals surface area contributed by atoms with Crippen molar-refractivity contribution in [3.8, 4) is 0 Å². The molecule has 0 aromatic rings. The van der Waals surface area contributed by atoms with Crippen LogP contribution < -0.4 is 0 Å². The van der Waals surface area contributed by atoms with E-state index < -0.39 is 30.7 Å². The normalized spacial score (nSPS) is 32.5. The zero-order valence-electron chi connectivity index (χ0n) is 7.60. The topological polar surface area (TPSA) is 46.5 Å². The Morgan fingerprint density at radius 2 is 2.07 bits per heavy atom. The van der Waals surface area contributed by atoms with Crippen molar-refractivity contribution >= 4 is 5.78 Å². The molecule has 0 spiro atoms. The fourth-order valence-corrected chi connectivity index (χ4v) is 1.28. The van der Waals surface area contributed by atoms with Gasteiger partial charge in [0.25, 0.3) is 0 Å². The standard InChI is InChI=1S/C8H11F3O3/c1-5(12)4-14-6-2-7(13,3-6)8(9,10)11/h6,13H,2-4H2,1H3. The summed E-state index contributed by atoms with van der Waals surface area (Å²) in [6.45, 7) is 1.09. The Hall–Kier alpha value is -0.620. The van der Waals surface area contributed by atoms with Crippen LogP contribution in [0.3, 0.4) is 0 Å². The maximum Gasteiger partial charge on any atom is 0.417 e. The predicted octanol–water partition coefficient (Wildman–Crippen LogP) is 1.05. The molecular formula is C8H11F3O3. The first-order valence-electron chi connectivity index (χ1n) is 4.15. The zero-order chi connectivity index (χ0) is 11.0. The van der Waals surface area contributed by atoms with Crippen molar-refractivity contribution in [2.45, 2.75) is 37.6 Å². The highest BCUT2D eigenvalue weighted by Crippen LogP contribution is 2.46. The van der Waals surface area contributed by atoms with Crippen LogP contribution in [-0.2, 0) is 9.53 Å². The number of Topliss-reactive ketones (excluding diaryl/α,β-unsaturated/α-hetero) is 1. The van der Waals surface area contributed by atoms with Crippen LogP contribution in [0.5, 0.6) is 0 Å². The average molecular weight is 212 g/mol. The number of ketones is 1. The molecule has 0 aromatic heterocycles. The lowest BCUT2D eigenvalue weighted by molar-refractivity contribution is -0.309. The number of hydrogen-bond acceptors (Lipinski definition) is 3. The molecule has 0 atom stereocenters. The molecule has 0 aromatic carbocycles. The lowest BCUT2D eigenvalue weighted by Gasteiger charge is -2.43. The molecule has 1 fully saturated rings. The second-order valence-corrected chi connectivity index (χ2v) is 3.57. The van der Waals surface area contributed by atoms with E-state index in [-0.39, 0.29) is 12.4 Å². The Bertz CT molecular complexity index is 230. The molecule has 3 nitrogen and oxygen atoms in total. The molecule has 0 aliphatic heterocycles. The van der Waals surface area contributed by atoms with E-state index >= 15 is 0 Å². The van der Waals surface area contributed by atoms with E-state index in [9.17, 15) is 18.0 Å². The van der Waals surface area contributed by atoms with Crippen LogP contribution in [-0.4, -0.2) is 35.4 Å². The molecule has 6 heteroatoms. The highest BCUT2D eigenvalue weighted by atomic mass is 19.4. The van der Waals surface area contributed by atoms with E-state index in [0.29, 0.717) is 0 Å². The second-order valence-electron chi connectivity index (χ2n) is 3.57. The number of halogens is 3. The van der Waals surface area contributed by atoms with Crippen molar-refractivity contribution in [3.05, 3.63) is 0 Å². The first-order chi connectivity index (χ1) is 6.24. The zero-order valence-corrected chi connectivity index (χ0v) is 7.60. The Kier molecular flexibility index (Phi) is 2.87. The number of alkyl halides is 3. The van der Waals surface area contributed by atoms with Gasteiger partial charge in [-0.15, -0.1) is 0 Å². The number of carbonyl (C=O) groups is 1. The van der Waals surface area contributed by atoms with Crippen LogP contribution >= 0.6 is 0 Å². The summed E-state index contributed by atoms with van der Waals surface area (Å²) in [7, 11) is 0. The second kappa shape index (κ2) is 3.51. The molecule has 1 rings (SSSR count). The van der Waals surface area contributed by atoms with E-state index in [1.807, 2.05) is 0 Å². The third kappa shape index (κ3) is 2.24. The molecule has 14 heavy (non-hydrogen) atoms. The minimum absolute atomic E-state index is 0.196. The maximum atomic E-state index is 12.1. The molecule has 1 aliphatic carbocycles. The number of rotatable bonds is 3. The molecular weight excluding hydrogens is 201 g/mol. The number of ether oxygens (including phenoxy) is 1. The first-order valence-corrected chi connectivity index (χ1v) is 4.15. The Labute approximate surface area is 78.9 Å². The SMILES string of the molecule is CC(=O)COC1CC(O)(C(F)(F)F)C1. The maximum absolute atomic E-state index is 12.1. The lowest BCUT2D eigenvalue weighted by atomic mass is 9.77. The van der Waals surface area contributed by atoms with E-state index in [2.05, 4.69) is 0 Å². The predicted molar refractivity (Wildman–Crippen MR) is 40.7 cm³/mol. The largest absolute Gasteiger partial charge is 0.417 e. The number of carbonyl (C=O) groups excluding carboxylic acids is 1. The first kappa shape index (κ1) is 11.5. The van der Waals surface area contributed by atoms with Crippen LogP contribution in [0.15, 0.2) is 0 Å². The van der Waals surface area contributed by atoms with E-state index in [1.165, 1.54) is 6.92 Å². The third-order valence-corrected chi connectivity index (χ3v) is 2.18. The summed E-state index contributed by atoms with van der Waals surface area (Å²) >= 11 is 0. The molecule has 0 heterocycles. The van der Waals surface area contributed by atoms with Crippen molar-refractivity contribution in [1.29, 1.82) is 0 Å². The van der Waals surface area contributed by atoms with Crippen molar-refractivity contribution < 1.29 is 27.8 Å². The van der Waals surface area contributed by atoms with Crippen molar-refractivity contribution in [2.24, 2.45) is 0 Å². The van der Waals surface area contributed by atoms with Crippen LogP contribution in [0.25, 0.3) is 0 Å². The van der Waals surface area contributed by atoms with Gasteiger partial charge in [0, 0.05) is 12.8 Å². The summed E-state index contributed by atoms with van der Waals surface area (Å²) in [5, 5.41) is 8.99. The number of hydrogen-bond donors (Lipinski definition) is 1. The third-order valence-electron chi connectivity index (χ3n) is 2.18. The highest BCUT2D eigenvalue weighted by molar-refractivity contribution is 5.76. The summed E-state index contributed by atoms with van der Waals surface area (Å²) in [5.41, 5.74) is -2.62. The fourth-order valence-electron chi connectivity index (χ4n) is 1.28. The summed E-state index contributed by atoms with van der Waals surface area (Å²) < 4.78 is 41.1. The van der Waals surface area contributed by atoms with Gasteiger partial charge in [0.15, 0.2) is 11.4 Å². The summed E-state index contributed by atoms with van der Waals surface area (Å²) in [4.78, 5) is 10.4. The van der Waals surface area contributed by atoms with E-state index in [0.717, 1.165) is 0 Å².